The summed E-state index contributed by atoms with van der Waals surface area (Å²) in [4.78, 5) is 0. The maximum absolute atomic E-state index is 12.2. The van der Waals surface area contributed by atoms with Gasteiger partial charge in [-0.15, -0.1) is 13.2 Å². The van der Waals surface area contributed by atoms with Crippen LogP contribution in [-0.4, -0.2) is 13.0 Å². The molecule has 1 saturated heterocycles. The van der Waals surface area contributed by atoms with E-state index in [0.29, 0.717) is 5.92 Å². The van der Waals surface area contributed by atoms with Crippen molar-refractivity contribution in [3.8, 4) is 5.75 Å². The molecule has 0 spiro atoms. The van der Waals surface area contributed by atoms with E-state index in [4.69, 9.17) is 4.74 Å². The monoisotopic (exact) mass is 370 g/mol. The lowest BCUT2D eigenvalue weighted by molar-refractivity contribution is -0.274. The quantitative estimate of drug-likeness (QED) is 0.577. The van der Waals surface area contributed by atoms with E-state index < -0.39 is 6.36 Å². The Kier molecular flexibility index (Phi) is 6.49. The van der Waals surface area contributed by atoms with E-state index in [1.54, 1.807) is 12.1 Å². The fourth-order valence-corrected chi connectivity index (χ4v) is 4.65. The molecule has 0 unspecified atom stereocenters. The molecular weight excluding hydrogens is 341 g/mol. The maximum atomic E-state index is 12.2. The molecule has 2 fully saturated rings. The number of rotatable bonds is 5. The number of hydrogen-bond donors (Lipinski definition) is 0. The summed E-state index contributed by atoms with van der Waals surface area (Å²) in [5, 5.41) is 0. The molecule has 0 N–H and O–H groups in total. The summed E-state index contributed by atoms with van der Waals surface area (Å²) in [6, 6.07) is 6.10. The first-order valence-corrected chi connectivity index (χ1v) is 9.92. The van der Waals surface area contributed by atoms with E-state index in [-0.39, 0.29) is 11.9 Å². The van der Waals surface area contributed by atoms with E-state index in [0.717, 1.165) is 36.8 Å². The van der Waals surface area contributed by atoms with Gasteiger partial charge in [0.1, 0.15) is 5.75 Å². The van der Waals surface area contributed by atoms with Gasteiger partial charge in [0.2, 0.25) is 0 Å². The number of benzene rings is 1. The molecule has 1 heterocycles. The summed E-state index contributed by atoms with van der Waals surface area (Å²) in [5.41, 5.74) is 0.935. The Labute approximate surface area is 154 Å². The van der Waals surface area contributed by atoms with E-state index in [1.165, 1.54) is 50.7 Å². The summed E-state index contributed by atoms with van der Waals surface area (Å²) in [6.45, 7) is 3.04. The van der Waals surface area contributed by atoms with Gasteiger partial charge in [-0.2, -0.15) is 0 Å². The Hall–Kier alpha value is -1.23. The minimum Gasteiger partial charge on any atom is -0.406 e. The summed E-state index contributed by atoms with van der Waals surface area (Å²) in [6.07, 6.45) is 5.46. The van der Waals surface area contributed by atoms with Crippen molar-refractivity contribution in [2.75, 3.05) is 6.61 Å². The van der Waals surface area contributed by atoms with Gasteiger partial charge in [0.25, 0.3) is 0 Å². The van der Waals surface area contributed by atoms with E-state index in [1.807, 2.05) is 0 Å². The van der Waals surface area contributed by atoms with Crippen LogP contribution in [0.1, 0.15) is 70.0 Å². The number of ether oxygens (including phenoxy) is 2. The summed E-state index contributed by atoms with van der Waals surface area (Å²) in [7, 11) is 0. The first-order valence-electron chi connectivity index (χ1n) is 9.92. The second-order valence-corrected chi connectivity index (χ2v) is 7.85. The fourth-order valence-electron chi connectivity index (χ4n) is 4.65. The van der Waals surface area contributed by atoms with Crippen molar-refractivity contribution in [2.24, 2.45) is 17.8 Å². The maximum Gasteiger partial charge on any atom is 0.573 e. The van der Waals surface area contributed by atoms with E-state index in [9.17, 15) is 13.2 Å². The molecule has 0 radical (unpaired) electrons. The molecule has 1 aromatic rings. The van der Waals surface area contributed by atoms with Crippen LogP contribution in [-0.2, 0) is 4.74 Å². The van der Waals surface area contributed by atoms with Crippen LogP contribution in [0.25, 0.3) is 0 Å². The zero-order valence-corrected chi connectivity index (χ0v) is 15.4. The predicted octanol–water partition coefficient (Wildman–Crippen LogP) is 6.66. The number of hydrogen-bond acceptors (Lipinski definition) is 2. The molecule has 26 heavy (non-hydrogen) atoms. The Morgan fingerprint density at radius 3 is 2.15 bits per heavy atom. The fraction of sp³-hybridized carbons (Fsp3) is 0.714. The highest BCUT2D eigenvalue weighted by atomic mass is 19.4. The molecule has 2 atom stereocenters. The molecule has 146 valence electrons. The molecule has 1 aliphatic heterocycles. The van der Waals surface area contributed by atoms with Crippen LogP contribution in [0, 0.1) is 17.8 Å². The average molecular weight is 370 g/mol. The second-order valence-electron chi connectivity index (χ2n) is 7.85. The topological polar surface area (TPSA) is 18.5 Å². The standard InChI is InChI=1S/C21H29F3O2/c1-2-3-15-4-6-16(7-5-15)18-10-13-20(25-14-18)17-8-11-19(12-9-17)26-21(22,23)24/h8-9,11-12,15-16,18,20H,2-7,10,13-14H2,1H3/t15?,16?,18-,20+/m0/s1. The van der Waals surface area contributed by atoms with Crippen LogP contribution in [0.4, 0.5) is 13.2 Å². The van der Waals surface area contributed by atoms with Crippen LogP contribution >= 0.6 is 0 Å². The first kappa shape index (κ1) is 19.5. The highest BCUT2D eigenvalue weighted by Gasteiger charge is 2.33. The van der Waals surface area contributed by atoms with Gasteiger partial charge in [0.15, 0.2) is 0 Å². The van der Waals surface area contributed by atoms with Crippen LogP contribution in [0.15, 0.2) is 24.3 Å². The van der Waals surface area contributed by atoms with Crippen molar-refractivity contribution in [3.05, 3.63) is 29.8 Å². The van der Waals surface area contributed by atoms with E-state index in [2.05, 4.69) is 11.7 Å². The normalized spacial score (nSPS) is 30.2. The molecule has 1 saturated carbocycles. The highest BCUT2D eigenvalue weighted by molar-refractivity contribution is 5.29. The van der Waals surface area contributed by atoms with Crippen molar-refractivity contribution >= 4 is 0 Å². The molecule has 0 amide bonds. The van der Waals surface area contributed by atoms with Gasteiger partial charge in [-0.3, -0.25) is 0 Å². The van der Waals surface area contributed by atoms with Gasteiger partial charge in [-0.05, 0) is 61.1 Å². The van der Waals surface area contributed by atoms with Gasteiger partial charge >= 0.3 is 6.36 Å². The molecule has 1 aliphatic carbocycles. The average Bonchev–Trinajstić information content (AvgIpc) is 2.62. The second kappa shape index (κ2) is 8.64. The lowest BCUT2D eigenvalue weighted by atomic mass is 9.73. The summed E-state index contributed by atoms with van der Waals surface area (Å²) < 4.78 is 46.7. The SMILES string of the molecule is CCCC1CCC([C@H]2CC[C@H](c3ccc(OC(F)(F)F)cc3)OC2)CC1. The van der Waals surface area contributed by atoms with Gasteiger partial charge in [0.05, 0.1) is 12.7 Å². The Balaban J connectivity index is 1.46. The van der Waals surface area contributed by atoms with Crippen LogP contribution < -0.4 is 4.74 Å². The Bertz CT molecular complexity index is 539. The van der Waals surface area contributed by atoms with Gasteiger partial charge in [-0.1, -0.05) is 44.7 Å². The zero-order valence-electron chi connectivity index (χ0n) is 15.4. The Morgan fingerprint density at radius 1 is 0.962 bits per heavy atom. The third kappa shape index (κ3) is 5.38. The van der Waals surface area contributed by atoms with Gasteiger partial charge < -0.3 is 9.47 Å². The third-order valence-corrected chi connectivity index (χ3v) is 6.05. The van der Waals surface area contributed by atoms with Crippen molar-refractivity contribution in [2.45, 2.75) is 70.8 Å². The summed E-state index contributed by atoms with van der Waals surface area (Å²) in [5.74, 6) is 2.16. The van der Waals surface area contributed by atoms with Crippen molar-refractivity contribution in [3.63, 3.8) is 0 Å². The number of alkyl halides is 3. The minimum absolute atomic E-state index is 0.0115. The molecule has 0 aromatic heterocycles. The van der Waals surface area contributed by atoms with Crippen molar-refractivity contribution in [1.29, 1.82) is 0 Å². The highest BCUT2D eigenvalue weighted by Crippen LogP contribution is 2.41. The predicted molar refractivity (Wildman–Crippen MR) is 94.9 cm³/mol. The minimum atomic E-state index is -4.65. The third-order valence-electron chi connectivity index (χ3n) is 6.05. The first-order chi connectivity index (χ1) is 12.4. The van der Waals surface area contributed by atoms with Gasteiger partial charge in [0, 0.05) is 0 Å². The smallest absolute Gasteiger partial charge is 0.406 e. The molecule has 5 heteroatoms. The molecule has 3 rings (SSSR count). The molecule has 1 aromatic carbocycles. The van der Waals surface area contributed by atoms with Crippen molar-refractivity contribution in [1.82, 2.24) is 0 Å². The molecule has 2 aliphatic rings. The molecule has 2 nitrogen and oxygen atoms in total. The largest absolute Gasteiger partial charge is 0.573 e. The molecule has 0 bridgehead atoms. The summed E-state index contributed by atoms with van der Waals surface area (Å²) >= 11 is 0. The Morgan fingerprint density at radius 2 is 1.62 bits per heavy atom. The number of halogens is 3. The van der Waals surface area contributed by atoms with Crippen LogP contribution in [0.2, 0.25) is 0 Å². The zero-order chi connectivity index (χ0) is 18.6. The van der Waals surface area contributed by atoms with E-state index >= 15 is 0 Å². The van der Waals surface area contributed by atoms with Crippen LogP contribution in [0.5, 0.6) is 5.75 Å². The lowest BCUT2D eigenvalue weighted by Crippen LogP contribution is -2.29. The van der Waals surface area contributed by atoms with Gasteiger partial charge in [-0.25, -0.2) is 0 Å². The lowest BCUT2D eigenvalue weighted by Gasteiger charge is -2.38. The van der Waals surface area contributed by atoms with Crippen molar-refractivity contribution < 1.29 is 22.6 Å². The van der Waals surface area contributed by atoms with Crippen LogP contribution in [0.3, 0.4) is 0 Å². The molecular formula is C21H29F3O2.